The molecule has 0 unspecified atom stereocenters. The third kappa shape index (κ3) is 2.65. The van der Waals surface area contributed by atoms with Crippen molar-refractivity contribution in [1.29, 1.82) is 0 Å². The minimum atomic E-state index is -0.335. The highest BCUT2D eigenvalue weighted by Gasteiger charge is 2.06. The van der Waals surface area contributed by atoms with E-state index in [1.54, 1.807) is 10.7 Å². The highest BCUT2D eigenvalue weighted by Crippen LogP contribution is 2.18. The Labute approximate surface area is 104 Å². The van der Waals surface area contributed by atoms with Crippen molar-refractivity contribution < 1.29 is 4.39 Å². The largest absolute Gasteiger partial charge is 0.326 e. The van der Waals surface area contributed by atoms with E-state index in [1.165, 1.54) is 12.1 Å². The zero-order valence-corrected chi connectivity index (χ0v) is 10.2. The van der Waals surface area contributed by atoms with E-state index < -0.39 is 0 Å². The SMILES string of the molecule is Cc1nn(Cc2ccc(F)cc2Cl)cc1CN. The predicted molar refractivity (Wildman–Crippen MR) is 65.4 cm³/mol. The van der Waals surface area contributed by atoms with Crippen LogP contribution in [0.5, 0.6) is 0 Å². The van der Waals surface area contributed by atoms with E-state index in [-0.39, 0.29) is 5.82 Å². The second-order valence-corrected chi connectivity index (χ2v) is 4.28. The Morgan fingerprint density at radius 3 is 2.76 bits per heavy atom. The van der Waals surface area contributed by atoms with Gasteiger partial charge < -0.3 is 5.73 Å². The summed E-state index contributed by atoms with van der Waals surface area (Å²) in [7, 11) is 0. The molecule has 0 aliphatic rings. The summed E-state index contributed by atoms with van der Waals surface area (Å²) in [5, 5.41) is 4.73. The van der Waals surface area contributed by atoms with E-state index >= 15 is 0 Å². The van der Waals surface area contributed by atoms with Crippen LogP contribution in [0.25, 0.3) is 0 Å². The summed E-state index contributed by atoms with van der Waals surface area (Å²) in [4.78, 5) is 0. The standard InChI is InChI=1S/C12H13ClFN3/c1-8-10(5-15)7-17(16-8)6-9-2-3-11(14)4-12(9)13/h2-4,7H,5-6,15H2,1H3. The Balaban J connectivity index is 2.25. The number of halogens is 2. The highest BCUT2D eigenvalue weighted by molar-refractivity contribution is 6.31. The Hall–Kier alpha value is -1.39. The topological polar surface area (TPSA) is 43.8 Å². The first kappa shape index (κ1) is 12.1. The van der Waals surface area contributed by atoms with Crippen molar-refractivity contribution in [2.24, 2.45) is 5.73 Å². The molecule has 90 valence electrons. The third-order valence-corrected chi connectivity index (χ3v) is 2.97. The minimum Gasteiger partial charge on any atom is -0.326 e. The molecule has 3 nitrogen and oxygen atoms in total. The van der Waals surface area contributed by atoms with E-state index in [0.717, 1.165) is 16.8 Å². The molecule has 0 saturated heterocycles. The fourth-order valence-electron chi connectivity index (χ4n) is 1.66. The van der Waals surface area contributed by atoms with E-state index in [0.29, 0.717) is 18.1 Å². The molecule has 2 N–H and O–H groups in total. The van der Waals surface area contributed by atoms with Gasteiger partial charge in [0, 0.05) is 23.3 Å². The summed E-state index contributed by atoms with van der Waals surface area (Å²) < 4.78 is 14.6. The van der Waals surface area contributed by atoms with Crippen molar-refractivity contribution in [2.45, 2.75) is 20.0 Å². The van der Waals surface area contributed by atoms with Crippen LogP contribution in [0.3, 0.4) is 0 Å². The highest BCUT2D eigenvalue weighted by atomic mass is 35.5. The van der Waals surface area contributed by atoms with Crippen molar-refractivity contribution in [2.75, 3.05) is 0 Å². The Morgan fingerprint density at radius 1 is 1.41 bits per heavy atom. The smallest absolute Gasteiger partial charge is 0.124 e. The van der Waals surface area contributed by atoms with Gasteiger partial charge in [-0.1, -0.05) is 17.7 Å². The van der Waals surface area contributed by atoms with Gasteiger partial charge in [-0.25, -0.2) is 4.39 Å². The summed E-state index contributed by atoms with van der Waals surface area (Å²) in [6.45, 7) is 2.88. The van der Waals surface area contributed by atoms with Gasteiger partial charge in [0.2, 0.25) is 0 Å². The lowest BCUT2D eigenvalue weighted by molar-refractivity contribution is 0.624. The van der Waals surface area contributed by atoms with Crippen molar-refractivity contribution in [1.82, 2.24) is 9.78 Å². The minimum absolute atomic E-state index is 0.335. The Kier molecular flexibility index (Phi) is 3.45. The van der Waals surface area contributed by atoms with Crippen LogP contribution in [0.2, 0.25) is 5.02 Å². The lowest BCUT2D eigenvalue weighted by Gasteiger charge is -2.04. The first-order valence-electron chi connectivity index (χ1n) is 5.27. The first-order chi connectivity index (χ1) is 8.10. The normalized spacial score (nSPS) is 10.8. The quantitative estimate of drug-likeness (QED) is 0.913. The van der Waals surface area contributed by atoms with Gasteiger partial charge in [-0.3, -0.25) is 4.68 Å². The lowest BCUT2D eigenvalue weighted by atomic mass is 10.2. The van der Waals surface area contributed by atoms with Crippen LogP contribution in [0, 0.1) is 12.7 Å². The van der Waals surface area contributed by atoms with Crippen LogP contribution in [0.1, 0.15) is 16.8 Å². The maximum atomic E-state index is 12.9. The first-order valence-corrected chi connectivity index (χ1v) is 5.65. The number of hydrogen-bond acceptors (Lipinski definition) is 2. The monoisotopic (exact) mass is 253 g/mol. The van der Waals surface area contributed by atoms with Gasteiger partial charge in [-0.05, 0) is 24.6 Å². The van der Waals surface area contributed by atoms with Crippen LogP contribution in [0.15, 0.2) is 24.4 Å². The second-order valence-electron chi connectivity index (χ2n) is 3.88. The Bertz CT molecular complexity index is 537. The molecule has 17 heavy (non-hydrogen) atoms. The van der Waals surface area contributed by atoms with E-state index in [9.17, 15) is 4.39 Å². The molecule has 0 aliphatic carbocycles. The van der Waals surface area contributed by atoms with Crippen molar-refractivity contribution >= 4 is 11.6 Å². The summed E-state index contributed by atoms with van der Waals surface area (Å²) in [5.41, 5.74) is 8.32. The maximum absolute atomic E-state index is 12.9. The van der Waals surface area contributed by atoms with Crippen LogP contribution in [-0.4, -0.2) is 9.78 Å². The van der Waals surface area contributed by atoms with Gasteiger partial charge >= 0.3 is 0 Å². The number of nitrogens with zero attached hydrogens (tertiary/aromatic N) is 2. The van der Waals surface area contributed by atoms with Gasteiger partial charge in [0.25, 0.3) is 0 Å². The molecule has 0 fully saturated rings. The lowest BCUT2D eigenvalue weighted by Crippen LogP contribution is -2.01. The average molecular weight is 254 g/mol. The predicted octanol–water partition coefficient (Wildman–Crippen LogP) is 2.49. The van der Waals surface area contributed by atoms with Gasteiger partial charge in [0.1, 0.15) is 5.82 Å². The number of aromatic nitrogens is 2. The molecule has 0 atom stereocenters. The number of aryl methyl sites for hydroxylation is 1. The molecule has 0 saturated carbocycles. The molecule has 2 rings (SSSR count). The molecule has 1 aromatic carbocycles. The van der Waals surface area contributed by atoms with E-state index in [4.69, 9.17) is 17.3 Å². The second kappa shape index (κ2) is 4.85. The molecular formula is C12H13ClFN3. The van der Waals surface area contributed by atoms with E-state index in [1.807, 2.05) is 13.1 Å². The summed E-state index contributed by atoms with van der Waals surface area (Å²) in [6, 6.07) is 4.36. The molecule has 1 aromatic heterocycles. The van der Waals surface area contributed by atoms with Crippen LogP contribution < -0.4 is 5.73 Å². The van der Waals surface area contributed by atoms with Gasteiger partial charge in [0.15, 0.2) is 0 Å². The summed E-state index contributed by atoms with van der Waals surface area (Å²) >= 11 is 5.95. The van der Waals surface area contributed by atoms with Crippen molar-refractivity contribution in [3.05, 3.63) is 52.1 Å². The number of benzene rings is 1. The summed E-state index contributed by atoms with van der Waals surface area (Å²) in [6.07, 6.45) is 1.88. The van der Waals surface area contributed by atoms with Crippen LogP contribution >= 0.6 is 11.6 Å². The van der Waals surface area contributed by atoms with Gasteiger partial charge in [-0.2, -0.15) is 5.10 Å². The Morgan fingerprint density at radius 2 is 2.18 bits per heavy atom. The number of hydrogen-bond donors (Lipinski definition) is 1. The molecule has 0 bridgehead atoms. The zero-order chi connectivity index (χ0) is 12.4. The molecule has 0 aliphatic heterocycles. The molecule has 2 aromatic rings. The third-order valence-electron chi connectivity index (χ3n) is 2.62. The molecular weight excluding hydrogens is 241 g/mol. The number of rotatable bonds is 3. The van der Waals surface area contributed by atoms with Gasteiger partial charge in [-0.15, -0.1) is 0 Å². The van der Waals surface area contributed by atoms with Gasteiger partial charge in [0.05, 0.1) is 12.2 Å². The van der Waals surface area contributed by atoms with Crippen molar-refractivity contribution in [3.8, 4) is 0 Å². The van der Waals surface area contributed by atoms with Crippen molar-refractivity contribution in [3.63, 3.8) is 0 Å². The summed E-state index contributed by atoms with van der Waals surface area (Å²) in [5.74, 6) is -0.335. The molecule has 1 heterocycles. The van der Waals surface area contributed by atoms with Crippen LogP contribution in [0.4, 0.5) is 4.39 Å². The zero-order valence-electron chi connectivity index (χ0n) is 9.45. The van der Waals surface area contributed by atoms with Crippen LogP contribution in [-0.2, 0) is 13.1 Å². The average Bonchev–Trinajstić information content (AvgIpc) is 2.63. The number of nitrogens with two attached hydrogens (primary N) is 1. The molecule has 0 amide bonds. The fourth-order valence-corrected chi connectivity index (χ4v) is 1.89. The fraction of sp³-hybridized carbons (Fsp3) is 0.250. The maximum Gasteiger partial charge on any atom is 0.124 e. The molecule has 0 radical (unpaired) electrons. The van der Waals surface area contributed by atoms with E-state index in [2.05, 4.69) is 5.10 Å². The molecule has 5 heteroatoms. The molecule has 0 spiro atoms.